The molecule has 5 atom stereocenters. The van der Waals surface area contributed by atoms with Gasteiger partial charge in [-0.1, -0.05) is 6.92 Å². The second-order valence-corrected chi connectivity index (χ2v) is 11.1. The third-order valence-corrected chi connectivity index (χ3v) is 7.45. The normalized spacial score (nSPS) is 23.2. The van der Waals surface area contributed by atoms with Gasteiger partial charge in [0.1, 0.15) is 18.3 Å². The van der Waals surface area contributed by atoms with Gasteiger partial charge in [-0.15, -0.1) is 0 Å². The summed E-state index contributed by atoms with van der Waals surface area (Å²) in [6, 6.07) is 0. The molecule has 0 aliphatic carbocycles. The number of carboxylic acids is 2. The average molecular weight is 597 g/mol. The Labute approximate surface area is 240 Å². The minimum Gasteiger partial charge on any atom is -0.480 e. The molecule has 15 heteroatoms. The molecule has 0 radical (unpaired) electrons. The Balaban J connectivity index is 2.24. The second kappa shape index (κ2) is 20.3. The number of ether oxygens (including phenoxy) is 3. The Morgan fingerprint density at radius 1 is 0.925 bits per heavy atom. The Morgan fingerprint density at radius 2 is 1.57 bits per heavy atom. The number of aliphatic hydroxyl groups is 2. The number of nitrogens with zero attached hydrogens (tertiary/aromatic N) is 3. The zero-order valence-corrected chi connectivity index (χ0v) is 24.9. The fourth-order valence-electron chi connectivity index (χ4n) is 4.09. The van der Waals surface area contributed by atoms with Crippen molar-refractivity contribution in [2.75, 3.05) is 91.7 Å². The van der Waals surface area contributed by atoms with Gasteiger partial charge in [-0.25, -0.2) is 0 Å². The van der Waals surface area contributed by atoms with Crippen molar-refractivity contribution in [3.8, 4) is 0 Å². The Morgan fingerprint density at radius 3 is 2.20 bits per heavy atom. The quantitative estimate of drug-likeness (QED) is 0.0906. The van der Waals surface area contributed by atoms with E-state index in [2.05, 4.69) is 5.32 Å². The van der Waals surface area contributed by atoms with Crippen molar-refractivity contribution in [1.29, 1.82) is 0 Å². The van der Waals surface area contributed by atoms with Crippen LogP contribution >= 0.6 is 11.8 Å². The van der Waals surface area contributed by atoms with Gasteiger partial charge >= 0.3 is 11.9 Å². The summed E-state index contributed by atoms with van der Waals surface area (Å²) in [6.07, 6.45) is -2.94. The molecule has 1 aliphatic heterocycles. The maximum Gasteiger partial charge on any atom is 0.317 e. The summed E-state index contributed by atoms with van der Waals surface area (Å²) in [4.78, 5) is 39.6. The van der Waals surface area contributed by atoms with Crippen molar-refractivity contribution in [3.63, 3.8) is 0 Å². The molecule has 14 nitrogen and oxygen atoms in total. The van der Waals surface area contributed by atoms with Gasteiger partial charge in [-0.05, 0) is 32.7 Å². The van der Waals surface area contributed by atoms with E-state index in [4.69, 9.17) is 19.3 Å². The van der Waals surface area contributed by atoms with Crippen LogP contribution in [0.25, 0.3) is 0 Å². The van der Waals surface area contributed by atoms with Gasteiger partial charge in [0.2, 0.25) is 5.91 Å². The first kappa shape index (κ1) is 36.5. The largest absolute Gasteiger partial charge is 0.480 e. The predicted molar refractivity (Wildman–Crippen MR) is 149 cm³/mol. The number of amides is 1. The highest BCUT2D eigenvalue weighted by atomic mass is 32.2. The molecule has 1 aliphatic rings. The molecule has 1 fully saturated rings. The van der Waals surface area contributed by atoms with Crippen molar-refractivity contribution in [1.82, 2.24) is 20.0 Å². The summed E-state index contributed by atoms with van der Waals surface area (Å²) in [5.74, 6) is -0.733. The Hall–Kier alpha value is -1.56. The molecule has 0 aromatic carbocycles. The van der Waals surface area contributed by atoms with Gasteiger partial charge < -0.3 is 44.9 Å². The number of nitrogens with one attached hydrogen (secondary N) is 1. The highest BCUT2D eigenvalue weighted by Crippen LogP contribution is 2.25. The van der Waals surface area contributed by atoms with E-state index in [0.29, 0.717) is 57.9 Å². The maximum atomic E-state index is 12.4. The van der Waals surface area contributed by atoms with Gasteiger partial charge in [-0.2, -0.15) is 11.8 Å². The van der Waals surface area contributed by atoms with Gasteiger partial charge in [0, 0.05) is 52.2 Å². The number of carbonyl (C=O) groups excluding carboxylic acids is 1. The molecule has 234 valence electrons. The maximum absolute atomic E-state index is 12.4. The summed E-state index contributed by atoms with van der Waals surface area (Å²) in [6.45, 7) is 4.39. The van der Waals surface area contributed by atoms with Crippen LogP contribution in [0.15, 0.2) is 0 Å². The molecular formula is C25H48N4O10S. The average Bonchev–Trinajstić information content (AvgIpc) is 2.89. The summed E-state index contributed by atoms with van der Waals surface area (Å²) in [5, 5.41) is 41.4. The lowest BCUT2D eigenvalue weighted by Crippen LogP contribution is -2.58. The Kier molecular flexibility index (Phi) is 18.5. The van der Waals surface area contributed by atoms with Gasteiger partial charge in [0.15, 0.2) is 6.29 Å². The minimum absolute atomic E-state index is 0.0330. The smallest absolute Gasteiger partial charge is 0.317 e. The highest BCUT2D eigenvalue weighted by molar-refractivity contribution is 7.99. The van der Waals surface area contributed by atoms with Gasteiger partial charge in [0.05, 0.1) is 25.7 Å². The first-order valence-corrected chi connectivity index (χ1v) is 14.7. The first-order chi connectivity index (χ1) is 19.0. The number of aliphatic hydroxyl groups excluding tert-OH is 2. The SMILES string of the molecule is CCC1O[C@H](OC)[C@@H](OCCCSCCNC(=O)CN(CCN(C)CCN(C)CC(=O)O)CC(=O)O)C(O)[C@@H]1O. The second-order valence-electron chi connectivity index (χ2n) is 9.86. The molecule has 40 heavy (non-hydrogen) atoms. The zero-order chi connectivity index (χ0) is 30.1. The van der Waals surface area contributed by atoms with E-state index in [1.54, 1.807) is 28.6 Å². The van der Waals surface area contributed by atoms with Crippen molar-refractivity contribution >= 4 is 29.6 Å². The van der Waals surface area contributed by atoms with Crippen LogP contribution < -0.4 is 5.32 Å². The van der Waals surface area contributed by atoms with Crippen LogP contribution in [0.2, 0.25) is 0 Å². The van der Waals surface area contributed by atoms with Crippen LogP contribution in [0.1, 0.15) is 19.8 Å². The molecule has 0 saturated carbocycles. The lowest BCUT2D eigenvalue weighted by atomic mass is 9.97. The molecule has 1 heterocycles. The van der Waals surface area contributed by atoms with Crippen LogP contribution in [0.4, 0.5) is 0 Å². The summed E-state index contributed by atoms with van der Waals surface area (Å²) in [5.41, 5.74) is 0. The van der Waals surface area contributed by atoms with Crippen molar-refractivity contribution in [3.05, 3.63) is 0 Å². The third kappa shape index (κ3) is 14.9. The molecule has 0 aromatic rings. The molecule has 1 amide bonds. The molecular weight excluding hydrogens is 548 g/mol. The van der Waals surface area contributed by atoms with Crippen molar-refractivity contribution < 1.29 is 49.0 Å². The number of likely N-dealkylation sites (N-methyl/N-ethyl adjacent to an activating group) is 2. The van der Waals surface area contributed by atoms with E-state index in [9.17, 15) is 29.7 Å². The fraction of sp³-hybridized carbons (Fsp3) is 0.880. The molecule has 0 bridgehead atoms. The van der Waals surface area contributed by atoms with Crippen LogP contribution in [-0.2, 0) is 28.6 Å². The number of thioether (sulfide) groups is 1. The number of carboxylic acid groups (broad SMARTS) is 2. The molecule has 2 unspecified atom stereocenters. The monoisotopic (exact) mass is 596 g/mol. The van der Waals surface area contributed by atoms with E-state index in [1.165, 1.54) is 7.11 Å². The van der Waals surface area contributed by atoms with Crippen LogP contribution in [0.3, 0.4) is 0 Å². The zero-order valence-electron chi connectivity index (χ0n) is 24.1. The van der Waals surface area contributed by atoms with Gasteiger partial charge in [0.25, 0.3) is 0 Å². The lowest BCUT2D eigenvalue weighted by Gasteiger charge is -2.41. The highest BCUT2D eigenvalue weighted by Gasteiger charge is 2.44. The van der Waals surface area contributed by atoms with E-state index >= 15 is 0 Å². The topological polar surface area (TPSA) is 182 Å². The summed E-state index contributed by atoms with van der Waals surface area (Å²) >= 11 is 1.62. The molecule has 1 saturated heterocycles. The van der Waals surface area contributed by atoms with E-state index < -0.39 is 42.6 Å². The van der Waals surface area contributed by atoms with Crippen molar-refractivity contribution in [2.24, 2.45) is 0 Å². The van der Waals surface area contributed by atoms with Crippen LogP contribution in [0, 0.1) is 0 Å². The fourth-order valence-corrected chi connectivity index (χ4v) is 4.87. The van der Waals surface area contributed by atoms with Crippen molar-refractivity contribution in [2.45, 2.75) is 50.5 Å². The number of rotatable bonds is 22. The number of carbonyl (C=O) groups is 3. The standard InChI is InChI=1S/C25H48N4O10S/c1-5-18-22(35)23(36)24(25(37-4)39-18)38-12-6-13-40-14-7-26-19(30)15-29(17-21(33)34)11-10-27(2)8-9-28(3)16-20(31)32/h18,22-25,35-36H,5-17H2,1-4H3,(H,26,30)(H,31,32)(H,33,34)/t18?,22-,23?,24+,25+/m1/s1. The lowest BCUT2D eigenvalue weighted by molar-refractivity contribution is -0.299. The third-order valence-electron chi connectivity index (χ3n) is 6.38. The molecule has 5 N–H and O–H groups in total. The summed E-state index contributed by atoms with van der Waals surface area (Å²) < 4.78 is 16.7. The minimum atomic E-state index is -1.10. The molecule has 0 spiro atoms. The number of hydrogen-bond donors (Lipinski definition) is 5. The number of hydrogen-bond acceptors (Lipinski definition) is 12. The van der Waals surface area contributed by atoms with E-state index in [-0.39, 0.29) is 25.5 Å². The number of methoxy groups -OCH3 is 1. The van der Waals surface area contributed by atoms with E-state index in [0.717, 1.165) is 5.75 Å². The molecule has 1 rings (SSSR count). The predicted octanol–water partition coefficient (Wildman–Crippen LogP) is -1.55. The summed E-state index contributed by atoms with van der Waals surface area (Å²) in [7, 11) is 5.05. The van der Waals surface area contributed by atoms with E-state index in [1.807, 2.05) is 18.9 Å². The molecule has 0 aromatic heterocycles. The Bertz CT molecular complexity index is 750. The van der Waals surface area contributed by atoms with Crippen LogP contribution in [-0.4, -0.2) is 175 Å². The first-order valence-electron chi connectivity index (χ1n) is 13.5. The number of aliphatic carboxylic acids is 2. The van der Waals surface area contributed by atoms with Crippen LogP contribution in [0.5, 0.6) is 0 Å². The van der Waals surface area contributed by atoms with Gasteiger partial charge in [-0.3, -0.25) is 24.2 Å².